The second-order valence-corrected chi connectivity index (χ2v) is 4.34. The number of nitrogens with one attached hydrogen (secondary N) is 2. The zero-order chi connectivity index (χ0) is 15.8. The van der Waals surface area contributed by atoms with E-state index in [1.807, 2.05) is 30.3 Å². The third-order valence-corrected chi connectivity index (χ3v) is 2.66. The van der Waals surface area contributed by atoms with Crippen molar-refractivity contribution >= 4 is 17.4 Å². The molecule has 3 nitrogen and oxygen atoms in total. The number of urea groups is 1. The monoisotopic (exact) mass is 356 g/mol. The fourth-order valence-corrected chi connectivity index (χ4v) is 1.65. The van der Waals surface area contributed by atoms with Gasteiger partial charge in [0.05, 0.1) is 5.69 Å². The summed E-state index contributed by atoms with van der Waals surface area (Å²) in [5, 5.41) is 4.79. The van der Waals surface area contributed by atoms with Gasteiger partial charge in [-0.1, -0.05) is 0 Å². The Hall–Kier alpha value is -2.43. The Labute approximate surface area is 143 Å². The van der Waals surface area contributed by atoms with Crippen LogP contribution in [0.1, 0.15) is 0 Å². The molecule has 120 valence electrons. The second-order valence-electron chi connectivity index (χ2n) is 4.34. The molecule has 0 spiro atoms. The first-order chi connectivity index (χ1) is 10.6. The molecule has 0 aliphatic rings. The van der Waals surface area contributed by atoms with Gasteiger partial charge in [0, 0.05) is 6.07 Å². The van der Waals surface area contributed by atoms with Gasteiger partial charge in [-0.3, -0.25) is 0 Å². The summed E-state index contributed by atoms with van der Waals surface area (Å²) in [6.45, 7) is 0. The Morgan fingerprint density at radius 3 is 2.22 bits per heavy atom. The van der Waals surface area contributed by atoms with E-state index >= 15 is 0 Å². The summed E-state index contributed by atoms with van der Waals surface area (Å²) in [7, 11) is 0. The van der Waals surface area contributed by atoms with Gasteiger partial charge in [-0.05, 0) is 12.1 Å². The van der Waals surface area contributed by atoms with E-state index in [1.54, 1.807) is 24.3 Å². The van der Waals surface area contributed by atoms with Crippen LogP contribution in [0.5, 0.6) is 0 Å². The number of halogens is 2. The van der Waals surface area contributed by atoms with E-state index in [2.05, 4.69) is 10.6 Å². The molecule has 0 saturated carbocycles. The molecule has 0 atom stereocenters. The summed E-state index contributed by atoms with van der Waals surface area (Å²) < 4.78 is 25.8. The van der Waals surface area contributed by atoms with E-state index in [1.165, 1.54) is 0 Å². The molecule has 3 aromatic carbocycles. The molecule has 0 aromatic heterocycles. The minimum absolute atomic E-state index is 0. The SMILES string of the molecule is O=C(Nc1cc[cH-]c1)Nc1ccc(F)cc1F.[Fe+2].c1cc[cH-]c1. The van der Waals surface area contributed by atoms with Crippen molar-refractivity contribution in [2.75, 3.05) is 10.6 Å². The van der Waals surface area contributed by atoms with Crippen LogP contribution < -0.4 is 10.6 Å². The first kappa shape index (κ1) is 18.6. The number of benzene rings is 1. The van der Waals surface area contributed by atoms with Crippen molar-refractivity contribution in [1.29, 1.82) is 0 Å². The Morgan fingerprint density at radius 1 is 0.957 bits per heavy atom. The molecule has 0 bridgehead atoms. The van der Waals surface area contributed by atoms with Crippen molar-refractivity contribution in [3.63, 3.8) is 0 Å². The van der Waals surface area contributed by atoms with E-state index in [9.17, 15) is 13.6 Å². The molecule has 2 N–H and O–H groups in total. The molecule has 0 heterocycles. The van der Waals surface area contributed by atoms with Gasteiger partial charge in [0.1, 0.15) is 11.6 Å². The predicted octanol–water partition coefficient (Wildman–Crippen LogP) is 4.73. The molecular formula is C17H14F2FeN2O. The molecule has 23 heavy (non-hydrogen) atoms. The summed E-state index contributed by atoms with van der Waals surface area (Å²) in [6, 6.07) is 19.3. The van der Waals surface area contributed by atoms with E-state index in [0.717, 1.165) is 12.1 Å². The van der Waals surface area contributed by atoms with Crippen LogP contribution in [-0.2, 0) is 17.1 Å². The van der Waals surface area contributed by atoms with Crippen molar-refractivity contribution < 1.29 is 30.6 Å². The number of carbonyl (C=O) groups is 1. The van der Waals surface area contributed by atoms with Crippen molar-refractivity contribution in [2.45, 2.75) is 0 Å². The van der Waals surface area contributed by atoms with Gasteiger partial charge in [-0.2, -0.15) is 42.5 Å². The zero-order valence-electron chi connectivity index (χ0n) is 11.9. The van der Waals surface area contributed by atoms with Crippen LogP contribution >= 0.6 is 0 Å². The Bertz CT molecular complexity index is 680. The molecule has 3 rings (SSSR count). The molecule has 0 saturated heterocycles. The maximum absolute atomic E-state index is 13.2. The summed E-state index contributed by atoms with van der Waals surface area (Å²) >= 11 is 0. The smallest absolute Gasteiger partial charge is 0.371 e. The van der Waals surface area contributed by atoms with Crippen LogP contribution in [0.4, 0.5) is 25.0 Å². The van der Waals surface area contributed by atoms with Gasteiger partial charge in [0.25, 0.3) is 0 Å². The van der Waals surface area contributed by atoms with Crippen LogP contribution in [0.25, 0.3) is 0 Å². The van der Waals surface area contributed by atoms with Crippen LogP contribution in [0.15, 0.2) is 72.8 Å². The van der Waals surface area contributed by atoms with Crippen molar-refractivity contribution in [1.82, 2.24) is 0 Å². The molecule has 0 aliphatic carbocycles. The Kier molecular flexibility index (Phi) is 7.74. The van der Waals surface area contributed by atoms with Crippen LogP contribution in [0, 0.1) is 11.6 Å². The predicted molar refractivity (Wildman–Crippen MR) is 83.1 cm³/mol. The minimum atomic E-state index is -0.817. The Balaban J connectivity index is 0.000000377. The minimum Gasteiger partial charge on any atom is -0.371 e. The fourth-order valence-electron chi connectivity index (χ4n) is 1.65. The summed E-state index contributed by atoms with van der Waals surface area (Å²) in [6.07, 6.45) is 0. The van der Waals surface area contributed by atoms with Crippen LogP contribution in [0.2, 0.25) is 0 Å². The molecule has 2 amide bonds. The normalized spacial score (nSPS) is 9.13. The fraction of sp³-hybridized carbons (Fsp3) is 0. The zero-order valence-corrected chi connectivity index (χ0v) is 13.1. The number of amides is 2. The van der Waals surface area contributed by atoms with E-state index in [-0.39, 0.29) is 22.8 Å². The molecule has 0 fully saturated rings. The standard InChI is InChI=1S/C12H9F2N2O.C5H5.Fe/c13-8-5-6-11(10(14)7-8)16-12(17)15-9-3-1-2-4-9;1-2-4-5-3-1;/h1-7H,(H2,15,16,17);1-5H;/q2*-1;+2. The second kappa shape index (κ2) is 9.56. The van der Waals surface area contributed by atoms with E-state index in [4.69, 9.17) is 0 Å². The average molecular weight is 356 g/mol. The van der Waals surface area contributed by atoms with Crippen LogP contribution in [0.3, 0.4) is 0 Å². The molecule has 0 aliphatic heterocycles. The average Bonchev–Trinajstić information content (AvgIpc) is 3.17. The van der Waals surface area contributed by atoms with Gasteiger partial charge in [-0.25, -0.2) is 25.7 Å². The van der Waals surface area contributed by atoms with Crippen molar-refractivity contribution in [3.05, 3.63) is 84.4 Å². The summed E-state index contributed by atoms with van der Waals surface area (Å²) in [4.78, 5) is 11.4. The number of hydrogen-bond donors (Lipinski definition) is 2. The molecule has 3 aromatic rings. The van der Waals surface area contributed by atoms with Gasteiger partial charge in [-0.15, -0.1) is 5.69 Å². The van der Waals surface area contributed by atoms with Gasteiger partial charge in [0.15, 0.2) is 0 Å². The number of hydrogen-bond acceptors (Lipinski definition) is 1. The number of rotatable bonds is 2. The van der Waals surface area contributed by atoms with Gasteiger partial charge >= 0.3 is 23.1 Å². The molecular weight excluding hydrogens is 342 g/mol. The molecule has 0 radical (unpaired) electrons. The molecule has 0 unspecified atom stereocenters. The van der Waals surface area contributed by atoms with Gasteiger partial charge in [0.2, 0.25) is 0 Å². The van der Waals surface area contributed by atoms with Crippen molar-refractivity contribution in [3.8, 4) is 0 Å². The first-order valence-electron chi connectivity index (χ1n) is 6.56. The number of carbonyl (C=O) groups excluding carboxylic acids is 1. The van der Waals surface area contributed by atoms with Crippen molar-refractivity contribution in [2.24, 2.45) is 0 Å². The Morgan fingerprint density at radius 2 is 1.70 bits per heavy atom. The largest absolute Gasteiger partial charge is 2.00 e. The summed E-state index contributed by atoms with van der Waals surface area (Å²) in [5.74, 6) is -1.51. The third-order valence-electron chi connectivity index (χ3n) is 2.66. The van der Waals surface area contributed by atoms with Gasteiger partial charge < -0.3 is 10.6 Å². The van der Waals surface area contributed by atoms with E-state index < -0.39 is 17.7 Å². The maximum Gasteiger partial charge on any atom is 2.00 e. The first-order valence-corrected chi connectivity index (χ1v) is 6.56. The third kappa shape index (κ3) is 6.46. The van der Waals surface area contributed by atoms with Crippen LogP contribution in [-0.4, -0.2) is 6.03 Å². The number of anilines is 2. The quantitative estimate of drug-likeness (QED) is 0.506. The topological polar surface area (TPSA) is 41.1 Å². The summed E-state index contributed by atoms with van der Waals surface area (Å²) in [5.41, 5.74) is 0.528. The molecule has 6 heteroatoms. The van der Waals surface area contributed by atoms with E-state index in [0.29, 0.717) is 11.8 Å². The maximum atomic E-state index is 13.2.